The van der Waals surface area contributed by atoms with Crippen LogP contribution in [0.5, 0.6) is 0 Å². The minimum atomic E-state index is -1.60. The van der Waals surface area contributed by atoms with Crippen LogP contribution < -0.4 is 0 Å². The fourth-order valence-corrected chi connectivity index (χ4v) is 13.2. The molecule has 11 nitrogen and oxygen atoms in total. The number of aliphatic hydroxyl groups excluding tert-OH is 4. The van der Waals surface area contributed by atoms with Crippen molar-refractivity contribution in [1.82, 2.24) is 0 Å². The van der Waals surface area contributed by atoms with E-state index >= 15 is 0 Å². The number of hydrogen-bond acceptors (Lipinski definition) is 11. The number of ether oxygens (including phenoxy) is 5. The predicted octanol–water partition coefficient (Wildman–Crippen LogP) is 5.35. The van der Waals surface area contributed by atoms with Gasteiger partial charge in [-0.1, -0.05) is 90.4 Å². The molecule has 1 aromatic rings. The van der Waals surface area contributed by atoms with Gasteiger partial charge < -0.3 is 44.1 Å². The Morgan fingerprint density at radius 3 is 2.30 bits per heavy atom. The number of allylic oxidation sites excluding steroid dienone is 1. The van der Waals surface area contributed by atoms with Crippen molar-refractivity contribution in [3.05, 3.63) is 47.5 Å². The Bertz CT molecular complexity index is 1650. The van der Waals surface area contributed by atoms with Gasteiger partial charge in [0.1, 0.15) is 43.2 Å². The molecule has 2 unspecified atom stereocenters. The van der Waals surface area contributed by atoms with Crippen LogP contribution in [-0.2, 0) is 39.9 Å². The van der Waals surface area contributed by atoms with Crippen molar-refractivity contribution in [3.8, 4) is 0 Å². The molecule has 1 aromatic carbocycles. The minimum Gasteiger partial charge on any atom is -0.461 e. The van der Waals surface area contributed by atoms with E-state index in [0.717, 1.165) is 31.2 Å². The lowest BCUT2D eigenvalue weighted by Gasteiger charge is -2.71. The molecule has 56 heavy (non-hydrogen) atoms. The first-order chi connectivity index (χ1) is 26.4. The van der Waals surface area contributed by atoms with Crippen molar-refractivity contribution in [2.24, 2.45) is 56.7 Å². The topological polar surface area (TPSA) is 161 Å². The van der Waals surface area contributed by atoms with Crippen LogP contribution in [0.25, 0.3) is 0 Å². The lowest BCUT2D eigenvalue weighted by Crippen LogP contribution is -2.71. The van der Waals surface area contributed by atoms with Gasteiger partial charge in [0, 0.05) is 17.8 Å². The van der Waals surface area contributed by atoms with Crippen molar-refractivity contribution in [2.45, 2.75) is 143 Å². The Labute approximate surface area is 332 Å². The van der Waals surface area contributed by atoms with E-state index in [-0.39, 0.29) is 47.1 Å². The molecule has 11 heteroatoms. The summed E-state index contributed by atoms with van der Waals surface area (Å²) >= 11 is 0. The SMILES string of the molecule is CC(=O)O[C@@H]1C[C@@]23COC[C@](C)([C@@H]2CC[C@H]2C3=CC[C@@]3(C)[C@H](C(=O)OCc4ccccc4)[C@@](C)([C@H](C)C(C)C)CC[C@]23C)[C@H]1O[C@@H]1OC(CO)[C@H](O)[C@H](O)C1O. The molecule has 4 N–H and O–H groups in total. The van der Waals surface area contributed by atoms with E-state index in [0.29, 0.717) is 32.0 Å². The molecule has 2 aliphatic heterocycles. The maximum atomic E-state index is 14.8. The molecule has 6 aliphatic rings. The van der Waals surface area contributed by atoms with Gasteiger partial charge in [-0.2, -0.15) is 0 Å². The van der Waals surface area contributed by atoms with E-state index in [1.165, 1.54) is 12.5 Å². The first kappa shape index (κ1) is 41.8. The molecule has 2 heterocycles. The summed E-state index contributed by atoms with van der Waals surface area (Å²) in [7, 11) is 0. The molecule has 0 aromatic heterocycles. The second kappa shape index (κ2) is 15.0. The van der Waals surface area contributed by atoms with Crippen LogP contribution >= 0.6 is 0 Å². The highest BCUT2D eigenvalue weighted by Gasteiger charge is 2.72. The fraction of sp³-hybridized carbons (Fsp3) is 0.778. The molecule has 0 spiro atoms. The first-order valence-electron chi connectivity index (χ1n) is 21.0. The zero-order valence-corrected chi connectivity index (χ0v) is 34.6. The van der Waals surface area contributed by atoms with E-state index < -0.39 is 71.7 Å². The van der Waals surface area contributed by atoms with Crippen LogP contribution in [0.15, 0.2) is 42.0 Å². The van der Waals surface area contributed by atoms with Gasteiger partial charge in [0.2, 0.25) is 0 Å². The highest BCUT2D eigenvalue weighted by atomic mass is 16.7. The third-order valence-corrected chi connectivity index (χ3v) is 16.7. The van der Waals surface area contributed by atoms with Crippen molar-refractivity contribution in [1.29, 1.82) is 0 Å². The molecule has 5 fully saturated rings. The van der Waals surface area contributed by atoms with Crippen LogP contribution in [-0.4, -0.2) is 95.1 Å². The van der Waals surface area contributed by atoms with Crippen molar-refractivity contribution < 1.29 is 53.7 Å². The van der Waals surface area contributed by atoms with Gasteiger partial charge in [0.15, 0.2) is 6.29 Å². The van der Waals surface area contributed by atoms with Crippen LogP contribution in [0.3, 0.4) is 0 Å². The van der Waals surface area contributed by atoms with Gasteiger partial charge in [-0.05, 0) is 84.0 Å². The molecule has 16 atom stereocenters. The number of aliphatic hydroxyl groups is 4. The predicted molar refractivity (Wildman–Crippen MR) is 206 cm³/mol. The Hall–Kier alpha value is -2.38. The quantitative estimate of drug-likeness (QED) is 0.145. The number of rotatable bonds is 9. The molecular formula is C45H66O11. The van der Waals surface area contributed by atoms with Gasteiger partial charge in [-0.25, -0.2) is 0 Å². The smallest absolute Gasteiger partial charge is 0.310 e. The third kappa shape index (κ3) is 6.32. The zero-order chi connectivity index (χ0) is 40.6. The zero-order valence-electron chi connectivity index (χ0n) is 34.6. The normalized spacial score (nSPS) is 46.4. The van der Waals surface area contributed by atoms with E-state index in [2.05, 4.69) is 54.5 Å². The number of carbonyl (C=O) groups excluding carboxylic acids is 2. The van der Waals surface area contributed by atoms with Gasteiger partial charge >= 0.3 is 11.9 Å². The number of carbonyl (C=O) groups is 2. The number of hydrogen-bond donors (Lipinski definition) is 4. The van der Waals surface area contributed by atoms with Gasteiger partial charge in [0.05, 0.1) is 25.7 Å². The molecule has 312 valence electrons. The molecular weight excluding hydrogens is 716 g/mol. The number of fused-ring (bicyclic) bond motifs is 3. The molecule has 4 aliphatic carbocycles. The summed E-state index contributed by atoms with van der Waals surface area (Å²) in [4.78, 5) is 27.6. The summed E-state index contributed by atoms with van der Waals surface area (Å²) < 4.78 is 31.4. The van der Waals surface area contributed by atoms with Crippen LogP contribution in [0.2, 0.25) is 0 Å². The number of esters is 2. The summed E-state index contributed by atoms with van der Waals surface area (Å²) in [6.45, 7) is 17.9. The average molecular weight is 783 g/mol. The molecule has 7 rings (SSSR count). The van der Waals surface area contributed by atoms with Crippen molar-refractivity contribution in [2.75, 3.05) is 19.8 Å². The van der Waals surface area contributed by atoms with Crippen LogP contribution in [0.4, 0.5) is 0 Å². The monoisotopic (exact) mass is 782 g/mol. The Kier molecular flexibility index (Phi) is 11.2. The highest BCUT2D eigenvalue weighted by Crippen LogP contribution is 2.75. The third-order valence-electron chi connectivity index (χ3n) is 16.7. The van der Waals surface area contributed by atoms with Gasteiger partial charge in [-0.15, -0.1) is 0 Å². The highest BCUT2D eigenvalue weighted by molar-refractivity contribution is 5.75. The molecule has 2 bridgehead atoms. The minimum absolute atomic E-state index is 0.0716. The maximum absolute atomic E-state index is 14.8. The largest absolute Gasteiger partial charge is 0.461 e. The first-order valence-corrected chi connectivity index (χ1v) is 21.0. The summed E-state index contributed by atoms with van der Waals surface area (Å²) in [5, 5.41) is 42.0. The fourth-order valence-electron chi connectivity index (χ4n) is 13.2. The molecule has 2 saturated heterocycles. The van der Waals surface area contributed by atoms with E-state index in [1.54, 1.807) is 0 Å². The average Bonchev–Trinajstić information content (AvgIpc) is 3.15. The van der Waals surface area contributed by atoms with Crippen molar-refractivity contribution in [3.63, 3.8) is 0 Å². The maximum Gasteiger partial charge on any atom is 0.310 e. The molecule has 0 amide bonds. The summed E-state index contributed by atoms with van der Waals surface area (Å²) in [6, 6.07) is 9.90. The molecule has 3 saturated carbocycles. The van der Waals surface area contributed by atoms with Crippen molar-refractivity contribution >= 4 is 11.9 Å². The second-order valence-electron chi connectivity index (χ2n) is 19.7. The Morgan fingerprint density at radius 1 is 0.929 bits per heavy atom. The lowest BCUT2D eigenvalue weighted by molar-refractivity contribution is -0.349. The standard InChI is InChI=1S/C45H66O11/c1-25(2)26(3)41(5)18-19-43(7)29-14-15-33-42(6)23-52-24-45(33,30(29)16-17-44(43,8)37(41)39(51)53-22-28-12-10-9-11-13-28)20-31(54-27(4)47)38(42)56-40-36(50)35(49)34(48)32(21-46)55-40/h9-13,16,25-26,29,31-38,40,46,48-50H,14-15,17-24H2,1-8H3/t26-,29+,31-,32?,33+,34+,35+,36?,37-,38+,40+,41-,42-,43-,44+,45+/m1/s1. The summed E-state index contributed by atoms with van der Waals surface area (Å²) in [5.74, 6) is 0.00506. The van der Waals surface area contributed by atoms with Gasteiger partial charge in [0.25, 0.3) is 0 Å². The van der Waals surface area contributed by atoms with E-state index in [4.69, 9.17) is 23.7 Å². The lowest BCUT2D eigenvalue weighted by atomic mass is 9.34. The van der Waals surface area contributed by atoms with Crippen LogP contribution in [0, 0.1) is 56.7 Å². The summed E-state index contributed by atoms with van der Waals surface area (Å²) in [6.07, 6.45) is -1.54. The van der Waals surface area contributed by atoms with E-state index in [9.17, 15) is 30.0 Å². The van der Waals surface area contributed by atoms with Crippen LogP contribution in [0.1, 0.15) is 99.5 Å². The second-order valence-corrected chi connectivity index (χ2v) is 19.7. The van der Waals surface area contributed by atoms with E-state index in [1.807, 2.05) is 30.3 Å². The Balaban J connectivity index is 1.26. The Morgan fingerprint density at radius 2 is 1.64 bits per heavy atom. The van der Waals surface area contributed by atoms with Gasteiger partial charge in [-0.3, -0.25) is 9.59 Å². The number of benzene rings is 1. The summed E-state index contributed by atoms with van der Waals surface area (Å²) in [5.41, 5.74) is 0.240. The molecule has 0 radical (unpaired) electrons.